The number of methoxy groups -OCH3 is 2. The molecule has 12 atom stereocenters. The number of ether oxygens (including phenoxy) is 2. The third-order valence-corrected chi connectivity index (χ3v) is 13.9. The van der Waals surface area contributed by atoms with Crippen LogP contribution in [-0.2, 0) is 35.1 Å². The third kappa shape index (κ3) is 15.9. The van der Waals surface area contributed by atoms with Gasteiger partial charge in [-0.15, -0.1) is 11.3 Å². The van der Waals surface area contributed by atoms with Crippen LogP contribution in [0.25, 0.3) is 10.4 Å². The van der Waals surface area contributed by atoms with E-state index in [1.165, 1.54) is 23.3 Å². The molecule has 20 heteroatoms. The molecule has 0 radical (unpaired) electrons. The van der Waals surface area contributed by atoms with Crippen molar-refractivity contribution in [3.05, 3.63) is 62.9 Å². The van der Waals surface area contributed by atoms with Gasteiger partial charge in [-0.25, -0.2) is 4.98 Å². The molecule has 6 N–H and O–H groups in total. The molecule has 1 fully saturated rings. The number of azide groups is 1. The average Bonchev–Trinajstić information content (AvgIpc) is 4.01. The largest absolute Gasteiger partial charge is 0.390 e. The van der Waals surface area contributed by atoms with Gasteiger partial charge < -0.3 is 50.3 Å². The molecule has 1 aromatic carbocycles. The summed E-state index contributed by atoms with van der Waals surface area (Å²) in [7, 11) is 6.35. The minimum atomic E-state index is -1.81. The number of nitrogens with one attached hydrogen (secondary N) is 2. The van der Waals surface area contributed by atoms with Gasteiger partial charge in [0.05, 0.1) is 73.4 Å². The summed E-state index contributed by atoms with van der Waals surface area (Å²) in [5, 5.41) is 53.6. The predicted molar refractivity (Wildman–Crippen MR) is 255 cm³/mol. The lowest BCUT2D eigenvalue weighted by molar-refractivity contribution is -0.148. The van der Waals surface area contributed by atoms with Crippen LogP contribution < -0.4 is 10.6 Å². The van der Waals surface area contributed by atoms with Crippen LogP contribution in [0.15, 0.2) is 47.0 Å². The molecule has 4 amide bonds. The van der Waals surface area contributed by atoms with Crippen LogP contribution >= 0.6 is 11.3 Å². The Hall–Kier alpha value is -4.24. The quantitative estimate of drug-likeness (QED) is 0.0408. The lowest BCUT2D eigenvalue weighted by Gasteiger charge is -2.40. The number of aromatic nitrogens is 1. The molecule has 0 saturated carbocycles. The van der Waals surface area contributed by atoms with Gasteiger partial charge in [-0.3, -0.25) is 24.1 Å². The molecule has 3 rings (SSSR count). The maximum Gasteiger partial charge on any atom is 0.237 e. The zero-order valence-electron chi connectivity index (χ0n) is 41.1. The second kappa shape index (κ2) is 27.7. The van der Waals surface area contributed by atoms with Crippen LogP contribution in [0.1, 0.15) is 84.3 Å². The summed E-state index contributed by atoms with van der Waals surface area (Å²) >= 11 is 1.48. The number of hydrogen-bond donors (Lipinski definition) is 6. The number of benzene rings is 1. The first-order valence-corrected chi connectivity index (χ1v) is 24.1. The van der Waals surface area contributed by atoms with Gasteiger partial charge in [0.15, 0.2) is 0 Å². The standard InChI is InChI=1S/C47H77N9O10S/c1-27(2)32(24-50-45(63)40(29(5)6)54(8)26-36(58)42(61)41(60)35(57)25-51-53-48)47(64)55(9)39(28(3)4)37(65-10)23-38(59)56-20-15-18-34(56)43(66-11)30(7)44(62)52-33(46-49-19-21-67-46)22-31-16-13-12-14-17-31/h12-14,16-17,19,21,27-30,32-37,39-43,57-58,60-61H,15,18,20,22-26H2,1-11H3,(H,50,63)(H,52,62). The van der Waals surface area contributed by atoms with E-state index in [1.807, 2.05) is 84.2 Å². The molecule has 0 spiro atoms. The average molecular weight is 960 g/mol. The van der Waals surface area contributed by atoms with Crippen molar-refractivity contribution in [2.45, 2.75) is 135 Å². The minimum absolute atomic E-state index is 0.00983. The van der Waals surface area contributed by atoms with Crippen molar-refractivity contribution in [1.82, 2.24) is 30.3 Å². The summed E-state index contributed by atoms with van der Waals surface area (Å²) in [5.41, 5.74) is 9.57. The SMILES string of the molecule is COC(CC(=O)N1CCCC1C(OC)C(C)C(=O)NC(Cc1ccccc1)c1nccs1)C(C(C)C)N(C)C(=O)C(CNC(=O)C(C(C)C)N(C)CC(O)C(O)C(O)C(O)CN=[N+]=[N-])C(C)C. The molecule has 376 valence electrons. The molecule has 1 saturated heterocycles. The summed E-state index contributed by atoms with van der Waals surface area (Å²) in [6.07, 6.45) is -4.45. The van der Waals surface area contributed by atoms with Crippen LogP contribution in [0.4, 0.5) is 0 Å². The van der Waals surface area contributed by atoms with E-state index in [9.17, 15) is 39.6 Å². The molecule has 2 aromatic rings. The number of aliphatic hydroxyl groups is 4. The molecular weight excluding hydrogens is 883 g/mol. The summed E-state index contributed by atoms with van der Waals surface area (Å²) < 4.78 is 12.0. The number of hydrogen-bond acceptors (Lipinski definition) is 14. The summed E-state index contributed by atoms with van der Waals surface area (Å²) in [6.45, 7) is 12.8. The molecular formula is C47H77N9O10S. The molecule has 1 aliphatic heterocycles. The highest BCUT2D eigenvalue weighted by atomic mass is 32.1. The van der Waals surface area contributed by atoms with Crippen LogP contribution in [-0.4, -0.2) is 173 Å². The number of aliphatic hydroxyl groups excluding tert-OH is 4. The van der Waals surface area contributed by atoms with E-state index >= 15 is 0 Å². The normalized spacial score (nSPS) is 19.1. The Bertz CT molecular complexity index is 1870. The van der Waals surface area contributed by atoms with Gasteiger partial charge in [0.1, 0.15) is 17.2 Å². The van der Waals surface area contributed by atoms with Gasteiger partial charge in [0.2, 0.25) is 23.6 Å². The number of thiazole rings is 1. The Balaban J connectivity index is 1.71. The van der Waals surface area contributed by atoms with Gasteiger partial charge in [-0.05, 0) is 55.2 Å². The maximum atomic E-state index is 14.4. The number of likely N-dealkylation sites (tertiary alicyclic amines) is 1. The molecule has 12 unspecified atom stereocenters. The molecule has 67 heavy (non-hydrogen) atoms. The summed E-state index contributed by atoms with van der Waals surface area (Å²) in [4.78, 5) is 68.5. The lowest BCUT2D eigenvalue weighted by atomic mass is 9.89. The smallest absolute Gasteiger partial charge is 0.237 e. The van der Waals surface area contributed by atoms with E-state index in [4.69, 9.17) is 15.0 Å². The maximum absolute atomic E-state index is 14.4. The Morgan fingerprint density at radius 2 is 1.60 bits per heavy atom. The summed E-state index contributed by atoms with van der Waals surface area (Å²) in [5.74, 6) is -2.93. The van der Waals surface area contributed by atoms with Crippen molar-refractivity contribution in [3.63, 3.8) is 0 Å². The van der Waals surface area contributed by atoms with Crippen LogP contribution in [0.2, 0.25) is 0 Å². The monoisotopic (exact) mass is 960 g/mol. The fraction of sp³-hybridized carbons (Fsp3) is 0.723. The molecule has 1 aromatic heterocycles. The van der Waals surface area contributed by atoms with E-state index in [0.717, 1.165) is 17.0 Å². The Morgan fingerprint density at radius 1 is 0.940 bits per heavy atom. The highest BCUT2D eigenvalue weighted by molar-refractivity contribution is 7.09. The predicted octanol–water partition coefficient (Wildman–Crippen LogP) is 3.17. The number of carbonyl (C=O) groups excluding carboxylic acids is 4. The topological polar surface area (TPSA) is 263 Å². The minimum Gasteiger partial charge on any atom is -0.390 e. The summed E-state index contributed by atoms with van der Waals surface area (Å²) in [6, 6.07) is 7.85. The number of rotatable bonds is 28. The van der Waals surface area contributed by atoms with Crippen LogP contribution in [0.5, 0.6) is 0 Å². The van der Waals surface area contributed by atoms with Crippen molar-refractivity contribution >= 4 is 35.0 Å². The van der Waals surface area contributed by atoms with Crippen LogP contribution in [0, 0.1) is 29.6 Å². The van der Waals surface area contributed by atoms with Crippen molar-refractivity contribution in [2.24, 2.45) is 34.7 Å². The van der Waals surface area contributed by atoms with E-state index in [1.54, 1.807) is 37.2 Å². The fourth-order valence-electron chi connectivity index (χ4n) is 9.35. The number of likely N-dealkylation sites (N-methyl/N-ethyl adjacent to an activating group) is 2. The fourth-order valence-corrected chi connectivity index (χ4v) is 10.0. The van der Waals surface area contributed by atoms with Crippen LogP contribution in [0.3, 0.4) is 0 Å². The molecule has 0 bridgehead atoms. The lowest BCUT2D eigenvalue weighted by Crippen LogP contribution is -2.56. The van der Waals surface area contributed by atoms with E-state index in [-0.39, 0.29) is 67.1 Å². The Kier molecular flexibility index (Phi) is 23.6. The van der Waals surface area contributed by atoms with Gasteiger partial charge in [0, 0.05) is 57.4 Å². The number of nitrogens with zero attached hydrogens (tertiary/aromatic N) is 7. The second-order valence-corrected chi connectivity index (χ2v) is 19.7. The van der Waals surface area contributed by atoms with Crippen molar-refractivity contribution < 1.29 is 49.1 Å². The highest BCUT2D eigenvalue weighted by Gasteiger charge is 2.43. The number of carbonyl (C=O) groups is 4. The van der Waals surface area contributed by atoms with E-state index in [2.05, 4.69) is 25.6 Å². The van der Waals surface area contributed by atoms with Crippen molar-refractivity contribution in [3.8, 4) is 0 Å². The van der Waals surface area contributed by atoms with Crippen molar-refractivity contribution in [1.29, 1.82) is 0 Å². The van der Waals surface area contributed by atoms with E-state index < -0.39 is 73.0 Å². The van der Waals surface area contributed by atoms with Crippen molar-refractivity contribution in [2.75, 3.05) is 54.5 Å². The van der Waals surface area contributed by atoms with E-state index in [0.29, 0.717) is 19.4 Å². The first-order chi connectivity index (χ1) is 31.7. The Morgan fingerprint density at radius 3 is 2.15 bits per heavy atom. The highest BCUT2D eigenvalue weighted by Crippen LogP contribution is 2.30. The Labute approximate surface area is 400 Å². The third-order valence-electron chi connectivity index (χ3n) is 13.0. The second-order valence-electron chi connectivity index (χ2n) is 18.8. The van der Waals surface area contributed by atoms with Gasteiger partial charge >= 0.3 is 0 Å². The van der Waals surface area contributed by atoms with Gasteiger partial charge in [-0.1, -0.05) is 83.9 Å². The molecule has 19 nitrogen and oxygen atoms in total. The zero-order valence-corrected chi connectivity index (χ0v) is 42.0. The molecule has 1 aliphatic rings. The molecule has 2 heterocycles. The van der Waals surface area contributed by atoms with Gasteiger partial charge in [0.25, 0.3) is 0 Å². The molecule has 0 aliphatic carbocycles. The van der Waals surface area contributed by atoms with Gasteiger partial charge in [-0.2, -0.15) is 0 Å². The first kappa shape index (κ1) is 57.1. The first-order valence-electron chi connectivity index (χ1n) is 23.3. The number of amides is 4. The zero-order chi connectivity index (χ0) is 50.1.